The highest BCUT2D eigenvalue weighted by atomic mass is 79.9. The fourth-order valence-electron chi connectivity index (χ4n) is 2.44. The summed E-state index contributed by atoms with van der Waals surface area (Å²) in [5.74, 6) is 0. The Kier molecular flexibility index (Phi) is 5.24. The predicted octanol–water partition coefficient (Wildman–Crippen LogP) is 4.33. The van der Waals surface area contributed by atoms with Gasteiger partial charge in [-0.2, -0.15) is 5.10 Å². The van der Waals surface area contributed by atoms with Gasteiger partial charge < -0.3 is 5.32 Å². The number of benzene rings is 1. The molecule has 1 aromatic carbocycles. The van der Waals surface area contributed by atoms with E-state index in [0.717, 1.165) is 39.3 Å². The van der Waals surface area contributed by atoms with Crippen LogP contribution < -0.4 is 5.32 Å². The van der Waals surface area contributed by atoms with E-state index in [0.29, 0.717) is 0 Å². The van der Waals surface area contributed by atoms with Crippen molar-refractivity contribution in [3.8, 4) is 0 Å². The normalized spacial score (nSPS) is 12.7. The number of hydrogen-bond donors (Lipinski definition) is 1. The van der Waals surface area contributed by atoms with Gasteiger partial charge in [-0.3, -0.25) is 4.68 Å². The summed E-state index contributed by atoms with van der Waals surface area (Å²) in [5, 5.41) is 8.57. The molecule has 0 amide bonds. The number of nitrogens with one attached hydrogen (secondary N) is 1. The zero-order valence-electron chi connectivity index (χ0n) is 12.0. The monoisotopic (exact) mass is 355 g/mol. The predicted molar refractivity (Wildman–Crippen MR) is 87.3 cm³/mol. The van der Waals surface area contributed by atoms with E-state index in [4.69, 9.17) is 11.6 Å². The smallest absolute Gasteiger partial charge is 0.0758 e. The van der Waals surface area contributed by atoms with Gasteiger partial charge in [0.15, 0.2) is 0 Å². The van der Waals surface area contributed by atoms with Crippen LogP contribution in [0.1, 0.15) is 36.2 Å². The summed E-state index contributed by atoms with van der Waals surface area (Å²) in [6.07, 6.45) is 2.90. The molecule has 20 heavy (non-hydrogen) atoms. The zero-order valence-corrected chi connectivity index (χ0v) is 14.3. The second-order valence-electron chi connectivity index (χ2n) is 4.88. The first kappa shape index (κ1) is 15.5. The molecule has 0 saturated heterocycles. The molecule has 0 aliphatic carbocycles. The Balaban J connectivity index is 2.49. The van der Waals surface area contributed by atoms with E-state index < -0.39 is 0 Å². The molecule has 1 N–H and O–H groups in total. The maximum Gasteiger partial charge on any atom is 0.0758 e. The molecule has 0 fully saturated rings. The van der Waals surface area contributed by atoms with E-state index in [2.05, 4.69) is 46.3 Å². The van der Waals surface area contributed by atoms with Crippen molar-refractivity contribution < 1.29 is 0 Å². The van der Waals surface area contributed by atoms with Crippen LogP contribution in [0.5, 0.6) is 0 Å². The molecule has 0 aliphatic heterocycles. The third-order valence-electron chi connectivity index (χ3n) is 3.23. The molecule has 1 heterocycles. The molecular weight excluding hydrogens is 338 g/mol. The largest absolute Gasteiger partial charge is 0.308 e. The Labute approximate surface area is 133 Å². The van der Waals surface area contributed by atoms with Crippen molar-refractivity contribution in [2.75, 3.05) is 7.05 Å². The maximum atomic E-state index is 6.19. The lowest BCUT2D eigenvalue weighted by molar-refractivity contribution is 0.533. The SMILES string of the molecule is CCCn1ncc(Br)c1C(NC)c1cc(C)cc(Cl)c1. The van der Waals surface area contributed by atoms with Gasteiger partial charge in [0.2, 0.25) is 0 Å². The highest BCUT2D eigenvalue weighted by Crippen LogP contribution is 2.30. The van der Waals surface area contributed by atoms with Crippen LogP contribution in [0.4, 0.5) is 0 Å². The zero-order chi connectivity index (χ0) is 14.7. The third kappa shape index (κ3) is 3.25. The average Bonchev–Trinajstić information content (AvgIpc) is 2.72. The third-order valence-corrected chi connectivity index (χ3v) is 4.06. The minimum Gasteiger partial charge on any atom is -0.308 e. The van der Waals surface area contributed by atoms with E-state index in [-0.39, 0.29) is 6.04 Å². The molecule has 1 atom stereocenters. The van der Waals surface area contributed by atoms with Crippen molar-refractivity contribution in [3.63, 3.8) is 0 Å². The molecule has 108 valence electrons. The average molecular weight is 357 g/mol. The number of halogens is 2. The molecule has 0 bridgehead atoms. The van der Waals surface area contributed by atoms with Gasteiger partial charge in [-0.25, -0.2) is 0 Å². The lowest BCUT2D eigenvalue weighted by atomic mass is 10.0. The number of nitrogens with zero attached hydrogens (tertiary/aromatic N) is 2. The van der Waals surface area contributed by atoms with Gasteiger partial charge in [0.05, 0.1) is 22.4 Å². The minimum absolute atomic E-state index is 0.0656. The van der Waals surface area contributed by atoms with Crippen molar-refractivity contribution in [1.29, 1.82) is 0 Å². The summed E-state index contributed by atoms with van der Waals surface area (Å²) in [6, 6.07) is 6.19. The first-order valence-electron chi connectivity index (χ1n) is 6.72. The van der Waals surface area contributed by atoms with Gasteiger partial charge in [-0.15, -0.1) is 0 Å². The highest BCUT2D eigenvalue weighted by Gasteiger charge is 2.20. The molecule has 0 radical (unpaired) electrons. The first-order chi connectivity index (χ1) is 9.56. The first-order valence-corrected chi connectivity index (χ1v) is 7.89. The van der Waals surface area contributed by atoms with Crippen molar-refractivity contribution in [1.82, 2.24) is 15.1 Å². The van der Waals surface area contributed by atoms with E-state index in [1.54, 1.807) is 0 Å². The summed E-state index contributed by atoms with van der Waals surface area (Å²) >= 11 is 9.80. The Morgan fingerprint density at radius 1 is 1.40 bits per heavy atom. The maximum absolute atomic E-state index is 6.19. The van der Waals surface area contributed by atoms with Crippen LogP contribution in [0.25, 0.3) is 0 Å². The Bertz CT molecular complexity index is 575. The standard InChI is InChI=1S/C15H19BrClN3/c1-4-5-20-15(13(16)9-19-20)14(18-3)11-6-10(2)7-12(17)8-11/h6-9,14,18H,4-5H2,1-3H3. The van der Waals surface area contributed by atoms with Crippen LogP contribution in [0.2, 0.25) is 5.02 Å². The van der Waals surface area contributed by atoms with Gasteiger partial charge in [-0.1, -0.05) is 24.6 Å². The van der Waals surface area contributed by atoms with Crippen molar-refractivity contribution in [3.05, 3.63) is 50.7 Å². The molecule has 2 aromatic rings. The number of rotatable bonds is 5. The fraction of sp³-hybridized carbons (Fsp3) is 0.400. The molecular formula is C15H19BrClN3. The van der Waals surface area contributed by atoms with Crippen LogP contribution in [0.3, 0.4) is 0 Å². The Hall–Kier alpha value is -0.840. The van der Waals surface area contributed by atoms with Crippen LogP contribution in [0, 0.1) is 6.92 Å². The number of aromatic nitrogens is 2. The van der Waals surface area contributed by atoms with Crippen LogP contribution in [0.15, 0.2) is 28.9 Å². The topological polar surface area (TPSA) is 29.9 Å². The quantitative estimate of drug-likeness (QED) is 0.864. The van der Waals surface area contributed by atoms with Crippen LogP contribution in [-0.2, 0) is 6.54 Å². The molecule has 0 aliphatic rings. The summed E-state index contributed by atoms with van der Waals surface area (Å²) in [7, 11) is 1.95. The number of aryl methyl sites for hydroxylation is 2. The highest BCUT2D eigenvalue weighted by molar-refractivity contribution is 9.10. The number of hydrogen-bond acceptors (Lipinski definition) is 2. The summed E-state index contributed by atoms with van der Waals surface area (Å²) in [5.41, 5.74) is 3.44. The molecule has 1 unspecified atom stereocenters. The lowest BCUT2D eigenvalue weighted by Gasteiger charge is -2.20. The van der Waals surface area contributed by atoms with Crippen molar-refractivity contribution >= 4 is 27.5 Å². The van der Waals surface area contributed by atoms with Gasteiger partial charge in [0.1, 0.15) is 0 Å². The molecule has 2 rings (SSSR count). The molecule has 0 spiro atoms. The lowest BCUT2D eigenvalue weighted by Crippen LogP contribution is -2.22. The van der Waals surface area contributed by atoms with Gasteiger partial charge in [-0.05, 0) is 59.6 Å². The van der Waals surface area contributed by atoms with E-state index >= 15 is 0 Å². The minimum atomic E-state index is 0.0656. The fourth-order valence-corrected chi connectivity index (χ4v) is 3.26. The summed E-state index contributed by atoms with van der Waals surface area (Å²) in [4.78, 5) is 0. The van der Waals surface area contributed by atoms with Crippen molar-refractivity contribution in [2.24, 2.45) is 0 Å². The van der Waals surface area contributed by atoms with E-state index in [9.17, 15) is 0 Å². The summed E-state index contributed by atoms with van der Waals surface area (Å²) < 4.78 is 3.06. The molecule has 5 heteroatoms. The van der Waals surface area contributed by atoms with Crippen LogP contribution >= 0.6 is 27.5 Å². The Morgan fingerprint density at radius 3 is 2.75 bits per heavy atom. The molecule has 3 nitrogen and oxygen atoms in total. The van der Waals surface area contributed by atoms with Gasteiger partial charge in [0.25, 0.3) is 0 Å². The van der Waals surface area contributed by atoms with Crippen molar-refractivity contribution in [2.45, 2.75) is 32.9 Å². The Morgan fingerprint density at radius 2 is 2.15 bits per heavy atom. The second-order valence-corrected chi connectivity index (χ2v) is 6.18. The van der Waals surface area contributed by atoms with E-state index in [1.165, 1.54) is 0 Å². The molecule has 1 aromatic heterocycles. The van der Waals surface area contributed by atoms with Gasteiger partial charge in [0, 0.05) is 11.6 Å². The van der Waals surface area contributed by atoms with Gasteiger partial charge >= 0.3 is 0 Å². The van der Waals surface area contributed by atoms with E-state index in [1.807, 2.05) is 30.1 Å². The summed E-state index contributed by atoms with van der Waals surface area (Å²) in [6.45, 7) is 5.11. The van der Waals surface area contributed by atoms with Crippen LogP contribution in [-0.4, -0.2) is 16.8 Å². The second kappa shape index (κ2) is 6.74. The molecule has 0 saturated carbocycles.